The van der Waals surface area contributed by atoms with Crippen LogP contribution in [0.1, 0.15) is 41.3 Å². The molecular formula is C19H23NO2S. The van der Waals surface area contributed by atoms with Crippen molar-refractivity contribution in [3.05, 3.63) is 65.2 Å². The van der Waals surface area contributed by atoms with Gasteiger partial charge in [0.05, 0.1) is 0 Å². The Bertz CT molecular complexity index is 680. The predicted molar refractivity (Wildman–Crippen MR) is 97.2 cm³/mol. The fraction of sp³-hybridized carbons (Fsp3) is 0.316. The van der Waals surface area contributed by atoms with E-state index in [1.807, 2.05) is 24.3 Å². The summed E-state index contributed by atoms with van der Waals surface area (Å²) < 4.78 is 11.3. The molecule has 0 radical (unpaired) electrons. The third-order valence-electron chi connectivity index (χ3n) is 3.59. The lowest BCUT2D eigenvalue weighted by Gasteiger charge is -2.08. The maximum Gasteiger partial charge on any atom is 0.255 e. The van der Waals surface area contributed by atoms with E-state index >= 15 is 0 Å². The Morgan fingerprint density at radius 1 is 1.09 bits per heavy atom. The van der Waals surface area contributed by atoms with Crippen molar-refractivity contribution in [2.75, 3.05) is 11.6 Å². The number of unbranched alkanes of at least 4 members (excludes halogenated alkanes) is 1. The summed E-state index contributed by atoms with van der Waals surface area (Å²) in [5, 5.41) is 2.91. The van der Waals surface area contributed by atoms with E-state index in [2.05, 4.69) is 24.4 Å². The average molecular weight is 329 g/mol. The molecule has 0 saturated carbocycles. The number of hydrogen-bond acceptors (Lipinski definition) is 2. The minimum Gasteiger partial charge on any atom is -0.322 e. The third-order valence-corrected chi connectivity index (χ3v) is 4.33. The summed E-state index contributed by atoms with van der Waals surface area (Å²) in [5.41, 5.74) is 3.58. The van der Waals surface area contributed by atoms with Crippen LogP contribution < -0.4 is 5.32 Å². The first-order valence-electron chi connectivity index (χ1n) is 7.87. The number of hydrogen-bond donors (Lipinski definition) is 1. The molecule has 0 spiro atoms. The highest BCUT2D eigenvalue weighted by molar-refractivity contribution is 7.83. The van der Waals surface area contributed by atoms with Crippen LogP contribution in [0.5, 0.6) is 0 Å². The molecule has 2 aromatic rings. The first-order valence-corrected chi connectivity index (χ1v) is 9.60. The second-order valence-corrected chi connectivity index (χ2v) is 7.11. The molecule has 122 valence electrons. The Balaban J connectivity index is 2.02. The lowest BCUT2D eigenvalue weighted by Crippen LogP contribution is -2.12. The Morgan fingerprint density at radius 2 is 1.83 bits per heavy atom. The average Bonchev–Trinajstić information content (AvgIpc) is 2.54. The van der Waals surface area contributed by atoms with Crippen LogP contribution in [0.2, 0.25) is 0 Å². The highest BCUT2D eigenvalue weighted by Crippen LogP contribution is 2.14. The van der Waals surface area contributed by atoms with E-state index < -0.39 is 10.8 Å². The van der Waals surface area contributed by atoms with Crippen LogP contribution in [0, 0.1) is 0 Å². The van der Waals surface area contributed by atoms with Gasteiger partial charge >= 0.3 is 0 Å². The van der Waals surface area contributed by atoms with E-state index in [-0.39, 0.29) is 5.91 Å². The summed E-state index contributed by atoms with van der Waals surface area (Å²) in [6.07, 6.45) is 5.09. The summed E-state index contributed by atoms with van der Waals surface area (Å²) in [7, 11) is -0.913. The van der Waals surface area contributed by atoms with Crippen molar-refractivity contribution >= 4 is 22.4 Å². The van der Waals surface area contributed by atoms with E-state index in [1.54, 1.807) is 18.4 Å². The maximum absolute atomic E-state index is 12.3. The van der Waals surface area contributed by atoms with E-state index in [9.17, 15) is 9.00 Å². The predicted octanol–water partition coefficient (Wildman–Crippen LogP) is 4.16. The highest BCUT2D eigenvalue weighted by atomic mass is 32.2. The van der Waals surface area contributed by atoms with Gasteiger partial charge in [-0.25, -0.2) is 0 Å². The number of aryl methyl sites for hydroxylation is 1. The van der Waals surface area contributed by atoms with Gasteiger partial charge in [0, 0.05) is 34.1 Å². The number of amides is 1. The molecular weight excluding hydrogens is 306 g/mol. The Labute approximate surface area is 140 Å². The van der Waals surface area contributed by atoms with Crippen LogP contribution in [0.3, 0.4) is 0 Å². The fourth-order valence-corrected chi connectivity index (χ4v) is 3.02. The van der Waals surface area contributed by atoms with Gasteiger partial charge in [0.25, 0.3) is 5.91 Å². The molecule has 0 bridgehead atoms. The van der Waals surface area contributed by atoms with Gasteiger partial charge in [-0.1, -0.05) is 37.6 Å². The van der Waals surface area contributed by atoms with Gasteiger partial charge in [0.2, 0.25) is 0 Å². The normalized spacial score (nSPS) is 11.9. The van der Waals surface area contributed by atoms with E-state index in [1.165, 1.54) is 18.4 Å². The molecule has 0 aliphatic rings. The van der Waals surface area contributed by atoms with Crippen molar-refractivity contribution in [2.24, 2.45) is 0 Å². The summed E-state index contributed by atoms with van der Waals surface area (Å²) in [5.74, 6) is 0.322. The Morgan fingerprint density at radius 3 is 2.48 bits per heavy atom. The van der Waals surface area contributed by atoms with Crippen LogP contribution in [0.15, 0.2) is 48.5 Å². The van der Waals surface area contributed by atoms with Crippen molar-refractivity contribution in [3.63, 3.8) is 0 Å². The molecule has 0 aromatic heterocycles. The van der Waals surface area contributed by atoms with E-state index in [4.69, 9.17) is 0 Å². The quantitative estimate of drug-likeness (QED) is 0.829. The molecule has 4 heteroatoms. The SMILES string of the molecule is CCCCc1ccc(NC(=O)c2cccc(CS(C)=O)c2)cc1. The van der Waals surface area contributed by atoms with Gasteiger partial charge < -0.3 is 5.32 Å². The molecule has 1 amide bonds. The van der Waals surface area contributed by atoms with Crippen LogP contribution in [0.25, 0.3) is 0 Å². The highest BCUT2D eigenvalue weighted by Gasteiger charge is 2.07. The number of anilines is 1. The second-order valence-electron chi connectivity index (χ2n) is 5.67. The molecule has 0 aliphatic heterocycles. The molecule has 1 atom stereocenters. The second kappa shape index (κ2) is 8.63. The summed E-state index contributed by atoms with van der Waals surface area (Å²) >= 11 is 0. The largest absolute Gasteiger partial charge is 0.322 e. The molecule has 0 heterocycles. The zero-order valence-electron chi connectivity index (χ0n) is 13.7. The van der Waals surface area contributed by atoms with Gasteiger partial charge in [0.1, 0.15) is 0 Å². The lowest BCUT2D eigenvalue weighted by atomic mass is 10.1. The standard InChI is InChI=1S/C19H23NO2S/c1-3-4-6-15-9-11-18(12-10-15)20-19(21)17-8-5-7-16(13-17)14-23(2)22/h5,7-13H,3-4,6,14H2,1-2H3,(H,20,21). The van der Waals surface area contributed by atoms with Crippen LogP contribution in [0.4, 0.5) is 5.69 Å². The molecule has 0 fully saturated rings. The lowest BCUT2D eigenvalue weighted by molar-refractivity contribution is 0.102. The topological polar surface area (TPSA) is 46.2 Å². The minimum atomic E-state index is -0.913. The van der Waals surface area contributed by atoms with Crippen molar-refractivity contribution in [2.45, 2.75) is 31.9 Å². The van der Waals surface area contributed by atoms with Crippen molar-refractivity contribution in [1.29, 1.82) is 0 Å². The number of rotatable bonds is 7. The van der Waals surface area contributed by atoms with E-state index in [0.29, 0.717) is 11.3 Å². The molecule has 2 rings (SSSR count). The maximum atomic E-state index is 12.3. The molecule has 0 saturated heterocycles. The van der Waals surface area contributed by atoms with Crippen LogP contribution in [-0.2, 0) is 23.0 Å². The molecule has 0 aliphatic carbocycles. The molecule has 1 unspecified atom stereocenters. The molecule has 3 nitrogen and oxygen atoms in total. The van der Waals surface area contributed by atoms with Crippen LogP contribution in [-0.4, -0.2) is 16.4 Å². The number of carbonyl (C=O) groups excluding carboxylic acids is 1. The monoisotopic (exact) mass is 329 g/mol. The zero-order chi connectivity index (χ0) is 16.7. The van der Waals surface area contributed by atoms with Crippen LogP contribution >= 0.6 is 0 Å². The van der Waals surface area contributed by atoms with Gasteiger partial charge in [-0.15, -0.1) is 0 Å². The minimum absolute atomic E-state index is 0.143. The van der Waals surface area contributed by atoms with Crippen molar-refractivity contribution < 1.29 is 9.00 Å². The number of nitrogens with one attached hydrogen (secondary N) is 1. The van der Waals surface area contributed by atoms with Gasteiger partial charge in [0.15, 0.2) is 0 Å². The first-order chi connectivity index (χ1) is 11.1. The Kier molecular flexibility index (Phi) is 6.53. The number of carbonyl (C=O) groups is 1. The van der Waals surface area contributed by atoms with Gasteiger partial charge in [-0.3, -0.25) is 9.00 Å². The third kappa shape index (κ3) is 5.64. The molecule has 1 N–H and O–H groups in total. The first kappa shape index (κ1) is 17.4. The fourth-order valence-electron chi connectivity index (χ4n) is 2.38. The van der Waals surface area contributed by atoms with Crippen molar-refractivity contribution in [3.8, 4) is 0 Å². The molecule has 2 aromatic carbocycles. The Hall–Kier alpha value is -1.94. The number of benzene rings is 2. The summed E-state index contributed by atoms with van der Waals surface area (Å²) in [6, 6.07) is 15.3. The van der Waals surface area contributed by atoms with Crippen molar-refractivity contribution in [1.82, 2.24) is 0 Å². The zero-order valence-corrected chi connectivity index (χ0v) is 14.5. The summed E-state index contributed by atoms with van der Waals surface area (Å²) in [4.78, 5) is 12.3. The van der Waals surface area contributed by atoms with Gasteiger partial charge in [-0.05, 0) is 48.2 Å². The smallest absolute Gasteiger partial charge is 0.255 e. The van der Waals surface area contributed by atoms with Gasteiger partial charge in [-0.2, -0.15) is 0 Å². The molecule has 23 heavy (non-hydrogen) atoms. The van der Waals surface area contributed by atoms with E-state index in [0.717, 1.165) is 17.7 Å². The summed E-state index contributed by atoms with van der Waals surface area (Å²) in [6.45, 7) is 2.18.